The first-order valence-corrected chi connectivity index (χ1v) is 12.1. The number of hydrogen-bond acceptors (Lipinski definition) is 5. The highest BCUT2D eigenvalue weighted by molar-refractivity contribution is 7.21. The van der Waals surface area contributed by atoms with E-state index in [4.69, 9.17) is 4.98 Å². The van der Waals surface area contributed by atoms with Gasteiger partial charge in [-0.3, -0.25) is 14.5 Å². The SMILES string of the molecule is CCCCNC(=O)CN1CCN(C(=O)c2sc3nc(C)cc(C)c3c2-n2cccc2)CC1. The van der Waals surface area contributed by atoms with Gasteiger partial charge in [0, 0.05) is 56.2 Å². The maximum Gasteiger partial charge on any atom is 0.266 e. The average molecular weight is 454 g/mol. The molecule has 2 amide bonds. The lowest BCUT2D eigenvalue weighted by atomic mass is 10.1. The van der Waals surface area contributed by atoms with Crippen LogP contribution in [0.15, 0.2) is 30.6 Å². The monoisotopic (exact) mass is 453 g/mol. The number of carbonyl (C=O) groups is 2. The van der Waals surface area contributed by atoms with Crippen LogP contribution in [-0.4, -0.2) is 70.4 Å². The summed E-state index contributed by atoms with van der Waals surface area (Å²) in [5, 5.41) is 4.01. The molecule has 0 radical (unpaired) electrons. The fourth-order valence-corrected chi connectivity index (χ4v) is 5.48. The van der Waals surface area contributed by atoms with E-state index in [9.17, 15) is 9.59 Å². The lowest BCUT2D eigenvalue weighted by Crippen LogP contribution is -2.51. The predicted molar refractivity (Wildman–Crippen MR) is 129 cm³/mol. The summed E-state index contributed by atoms with van der Waals surface area (Å²) in [7, 11) is 0. The van der Waals surface area contributed by atoms with E-state index in [1.807, 2.05) is 40.9 Å². The minimum absolute atomic E-state index is 0.0424. The minimum Gasteiger partial charge on any atom is -0.355 e. The van der Waals surface area contributed by atoms with Crippen molar-refractivity contribution in [3.05, 3.63) is 46.7 Å². The van der Waals surface area contributed by atoms with Gasteiger partial charge in [-0.1, -0.05) is 13.3 Å². The number of unbranched alkanes of at least 4 members (excludes halogenated alkanes) is 1. The van der Waals surface area contributed by atoms with Crippen molar-refractivity contribution in [2.24, 2.45) is 0 Å². The van der Waals surface area contributed by atoms with Crippen molar-refractivity contribution in [3.8, 4) is 5.69 Å². The molecule has 32 heavy (non-hydrogen) atoms. The maximum atomic E-state index is 13.6. The normalized spacial score (nSPS) is 14.8. The molecule has 0 unspecified atom stereocenters. The summed E-state index contributed by atoms with van der Waals surface area (Å²) in [6.07, 6.45) is 6.03. The highest BCUT2D eigenvalue weighted by Crippen LogP contribution is 2.36. The van der Waals surface area contributed by atoms with Crippen LogP contribution in [0, 0.1) is 13.8 Å². The number of pyridine rings is 1. The van der Waals surface area contributed by atoms with E-state index in [-0.39, 0.29) is 11.8 Å². The lowest BCUT2D eigenvalue weighted by Gasteiger charge is -2.34. The summed E-state index contributed by atoms with van der Waals surface area (Å²) in [6.45, 7) is 9.94. The number of rotatable bonds is 7. The van der Waals surface area contributed by atoms with Gasteiger partial charge in [-0.15, -0.1) is 11.3 Å². The van der Waals surface area contributed by atoms with Crippen LogP contribution in [0.2, 0.25) is 0 Å². The Morgan fingerprint density at radius 1 is 1.12 bits per heavy atom. The number of aromatic nitrogens is 2. The predicted octanol–water partition coefficient (Wildman–Crippen LogP) is 3.38. The average Bonchev–Trinajstić information content (AvgIpc) is 3.41. The van der Waals surface area contributed by atoms with Crippen LogP contribution in [0.4, 0.5) is 0 Å². The topological polar surface area (TPSA) is 70.5 Å². The third-order valence-electron chi connectivity index (χ3n) is 5.90. The van der Waals surface area contributed by atoms with Gasteiger partial charge in [0.05, 0.1) is 12.2 Å². The minimum atomic E-state index is 0.0424. The molecule has 1 aliphatic rings. The van der Waals surface area contributed by atoms with Gasteiger partial charge >= 0.3 is 0 Å². The second kappa shape index (κ2) is 9.83. The quantitative estimate of drug-likeness (QED) is 0.557. The van der Waals surface area contributed by atoms with Crippen LogP contribution in [0.5, 0.6) is 0 Å². The molecule has 170 valence electrons. The van der Waals surface area contributed by atoms with Gasteiger partial charge in [-0.05, 0) is 44.0 Å². The number of nitrogens with one attached hydrogen (secondary N) is 1. The Morgan fingerprint density at radius 2 is 1.84 bits per heavy atom. The van der Waals surface area contributed by atoms with E-state index < -0.39 is 0 Å². The first-order valence-electron chi connectivity index (χ1n) is 11.3. The van der Waals surface area contributed by atoms with E-state index in [0.717, 1.165) is 51.4 Å². The van der Waals surface area contributed by atoms with Crippen molar-refractivity contribution < 1.29 is 9.59 Å². The fourth-order valence-electron chi connectivity index (χ4n) is 4.21. The van der Waals surface area contributed by atoms with Gasteiger partial charge in [0.15, 0.2) is 0 Å². The molecule has 0 aromatic carbocycles. The highest BCUT2D eigenvalue weighted by Gasteiger charge is 2.28. The number of thiophene rings is 1. The zero-order chi connectivity index (χ0) is 22.7. The molecule has 4 rings (SSSR count). The van der Waals surface area contributed by atoms with Crippen molar-refractivity contribution >= 4 is 33.4 Å². The van der Waals surface area contributed by atoms with E-state index >= 15 is 0 Å². The van der Waals surface area contributed by atoms with Crippen LogP contribution in [0.1, 0.15) is 40.7 Å². The van der Waals surface area contributed by atoms with E-state index in [2.05, 4.69) is 30.1 Å². The molecule has 3 aromatic rings. The maximum absolute atomic E-state index is 13.6. The molecule has 8 heteroatoms. The number of aryl methyl sites for hydroxylation is 2. The summed E-state index contributed by atoms with van der Waals surface area (Å²) in [6, 6.07) is 6.01. The first kappa shape index (κ1) is 22.5. The molecule has 0 aliphatic carbocycles. The van der Waals surface area contributed by atoms with Crippen molar-refractivity contribution in [1.82, 2.24) is 24.7 Å². The molecule has 4 heterocycles. The Kier molecular flexibility index (Phi) is 6.91. The van der Waals surface area contributed by atoms with Crippen LogP contribution >= 0.6 is 11.3 Å². The van der Waals surface area contributed by atoms with Crippen LogP contribution in [0.25, 0.3) is 15.9 Å². The van der Waals surface area contributed by atoms with Gasteiger partial charge in [-0.25, -0.2) is 4.98 Å². The number of piperazine rings is 1. The number of carbonyl (C=O) groups excluding carboxylic acids is 2. The second-order valence-corrected chi connectivity index (χ2v) is 9.40. The van der Waals surface area contributed by atoms with Crippen molar-refractivity contribution in [2.75, 3.05) is 39.3 Å². The third-order valence-corrected chi connectivity index (χ3v) is 6.96. The molecule has 7 nitrogen and oxygen atoms in total. The van der Waals surface area contributed by atoms with Crippen molar-refractivity contribution in [3.63, 3.8) is 0 Å². The van der Waals surface area contributed by atoms with Crippen molar-refractivity contribution in [2.45, 2.75) is 33.6 Å². The molecule has 1 aliphatic heterocycles. The van der Waals surface area contributed by atoms with E-state index in [0.29, 0.717) is 32.7 Å². The Labute approximate surface area is 193 Å². The molecule has 1 fully saturated rings. The van der Waals surface area contributed by atoms with E-state index in [1.54, 1.807) is 0 Å². The summed E-state index contributed by atoms with van der Waals surface area (Å²) in [5.74, 6) is 0.107. The van der Waals surface area contributed by atoms with E-state index in [1.165, 1.54) is 11.3 Å². The van der Waals surface area contributed by atoms with Gasteiger partial charge < -0.3 is 14.8 Å². The summed E-state index contributed by atoms with van der Waals surface area (Å²) >= 11 is 1.47. The van der Waals surface area contributed by atoms with Gasteiger partial charge in [-0.2, -0.15) is 0 Å². The first-order chi connectivity index (χ1) is 15.5. The van der Waals surface area contributed by atoms with Crippen LogP contribution < -0.4 is 5.32 Å². The summed E-state index contributed by atoms with van der Waals surface area (Å²) in [5.41, 5.74) is 3.01. The van der Waals surface area contributed by atoms with Gasteiger partial charge in [0.2, 0.25) is 5.91 Å². The standard InChI is InChI=1S/C24H31N5O2S/c1-4-5-8-25-19(30)16-27-11-13-29(14-12-27)24(31)22-21(28-9-6-7-10-28)20-17(2)15-18(3)26-23(20)32-22/h6-7,9-10,15H,4-5,8,11-14,16H2,1-3H3,(H,25,30). The molecule has 1 N–H and O–H groups in total. The zero-order valence-electron chi connectivity index (χ0n) is 19.1. The molecule has 0 atom stereocenters. The molecular weight excluding hydrogens is 422 g/mol. The van der Waals surface area contributed by atoms with Crippen LogP contribution in [0.3, 0.4) is 0 Å². The third kappa shape index (κ3) is 4.71. The number of amides is 2. The van der Waals surface area contributed by atoms with Gasteiger partial charge in [0.25, 0.3) is 5.91 Å². The lowest BCUT2D eigenvalue weighted by molar-refractivity contribution is -0.122. The molecular formula is C24H31N5O2S. The van der Waals surface area contributed by atoms with Crippen molar-refractivity contribution in [1.29, 1.82) is 0 Å². The Hall–Kier alpha value is -2.71. The second-order valence-electron chi connectivity index (χ2n) is 8.40. The Balaban J connectivity index is 1.51. The summed E-state index contributed by atoms with van der Waals surface area (Å²) in [4.78, 5) is 36.1. The molecule has 1 saturated heterocycles. The van der Waals surface area contributed by atoms with Gasteiger partial charge in [0.1, 0.15) is 9.71 Å². The molecule has 0 bridgehead atoms. The number of fused-ring (bicyclic) bond motifs is 1. The molecule has 0 spiro atoms. The smallest absolute Gasteiger partial charge is 0.266 e. The number of hydrogen-bond donors (Lipinski definition) is 1. The largest absolute Gasteiger partial charge is 0.355 e. The fraction of sp³-hybridized carbons (Fsp3) is 0.458. The molecule has 3 aromatic heterocycles. The number of nitrogens with zero attached hydrogens (tertiary/aromatic N) is 4. The Morgan fingerprint density at radius 3 is 2.53 bits per heavy atom. The Bertz CT molecular complexity index is 1100. The molecule has 0 saturated carbocycles. The summed E-state index contributed by atoms with van der Waals surface area (Å²) < 4.78 is 2.02. The van der Waals surface area contributed by atoms with Crippen LogP contribution in [-0.2, 0) is 4.79 Å². The zero-order valence-corrected chi connectivity index (χ0v) is 19.9. The highest BCUT2D eigenvalue weighted by atomic mass is 32.1.